The number of halogens is 1. The van der Waals surface area contributed by atoms with Crippen molar-refractivity contribution >= 4 is 15.9 Å². The molecular weight excluding hydrogens is 300 g/mol. The molecule has 0 atom stereocenters. The Morgan fingerprint density at radius 1 is 1.00 bits per heavy atom. The maximum Gasteiger partial charge on any atom is 0.0927 e. The fourth-order valence-corrected chi connectivity index (χ4v) is 2.37. The van der Waals surface area contributed by atoms with Crippen LogP contribution in [0.4, 0.5) is 0 Å². The molecule has 1 aromatic heterocycles. The molecule has 2 nitrogen and oxygen atoms in total. The number of aromatic amines is 1. The first-order chi connectivity index (χ1) is 9.24. The van der Waals surface area contributed by atoms with E-state index in [0.29, 0.717) is 0 Å². The molecule has 0 amide bonds. The van der Waals surface area contributed by atoms with Crippen LogP contribution >= 0.6 is 15.9 Å². The molecule has 3 rings (SSSR count). The van der Waals surface area contributed by atoms with Gasteiger partial charge in [-0.25, -0.2) is 0 Å². The van der Waals surface area contributed by atoms with Gasteiger partial charge < -0.3 is 0 Å². The normalized spacial score (nSPS) is 10.6. The second-order valence-corrected chi connectivity index (χ2v) is 5.40. The van der Waals surface area contributed by atoms with Gasteiger partial charge in [0.1, 0.15) is 0 Å². The van der Waals surface area contributed by atoms with Gasteiger partial charge >= 0.3 is 0 Å². The molecule has 0 aliphatic carbocycles. The Morgan fingerprint density at radius 2 is 1.74 bits per heavy atom. The summed E-state index contributed by atoms with van der Waals surface area (Å²) in [6, 6.07) is 18.6. The third-order valence-corrected chi connectivity index (χ3v) is 3.68. The summed E-state index contributed by atoms with van der Waals surface area (Å²) in [5.41, 5.74) is 5.56. The average Bonchev–Trinajstić information content (AvgIpc) is 2.89. The van der Waals surface area contributed by atoms with E-state index >= 15 is 0 Å². The molecule has 0 bridgehead atoms. The van der Waals surface area contributed by atoms with E-state index in [0.717, 1.165) is 21.4 Å². The second-order valence-electron chi connectivity index (χ2n) is 4.49. The largest absolute Gasteiger partial charge is 0.277 e. The minimum Gasteiger partial charge on any atom is -0.277 e. The maximum absolute atomic E-state index is 4.39. The predicted molar refractivity (Wildman–Crippen MR) is 81.9 cm³/mol. The van der Waals surface area contributed by atoms with E-state index < -0.39 is 0 Å². The van der Waals surface area contributed by atoms with Gasteiger partial charge in [-0.15, -0.1) is 0 Å². The van der Waals surface area contributed by atoms with Gasteiger partial charge in [0.15, 0.2) is 0 Å². The smallest absolute Gasteiger partial charge is 0.0927 e. The first-order valence-corrected chi connectivity index (χ1v) is 6.91. The van der Waals surface area contributed by atoms with Crippen molar-refractivity contribution in [2.75, 3.05) is 0 Å². The third kappa shape index (κ3) is 2.47. The average molecular weight is 313 g/mol. The topological polar surface area (TPSA) is 28.7 Å². The summed E-state index contributed by atoms with van der Waals surface area (Å²) in [5, 5.41) is 7.51. The van der Waals surface area contributed by atoms with Gasteiger partial charge in [-0.05, 0) is 30.7 Å². The number of nitrogens with one attached hydrogen (secondary N) is 1. The van der Waals surface area contributed by atoms with Crippen LogP contribution in [0.2, 0.25) is 0 Å². The van der Waals surface area contributed by atoms with Crippen LogP contribution in [0.15, 0.2) is 59.1 Å². The van der Waals surface area contributed by atoms with Gasteiger partial charge in [-0.2, -0.15) is 5.10 Å². The zero-order chi connectivity index (χ0) is 13.2. The molecule has 94 valence electrons. The second kappa shape index (κ2) is 5.02. The summed E-state index contributed by atoms with van der Waals surface area (Å²) in [6.45, 7) is 2.11. The summed E-state index contributed by atoms with van der Waals surface area (Å²) in [4.78, 5) is 0. The van der Waals surface area contributed by atoms with E-state index in [-0.39, 0.29) is 0 Å². The zero-order valence-corrected chi connectivity index (χ0v) is 12.1. The fourth-order valence-electron chi connectivity index (χ4n) is 2.10. The van der Waals surface area contributed by atoms with Gasteiger partial charge in [0.05, 0.1) is 11.4 Å². The molecule has 19 heavy (non-hydrogen) atoms. The van der Waals surface area contributed by atoms with E-state index in [4.69, 9.17) is 0 Å². The lowest BCUT2D eigenvalue weighted by atomic mass is 10.0. The molecule has 3 heteroatoms. The zero-order valence-electron chi connectivity index (χ0n) is 10.5. The van der Waals surface area contributed by atoms with Crippen molar-refractivity contribution in [1.82, 2.24) is 10.2 Å². The Labute approximate surface area is 120 Å². The summed E-state index contributed by atoms with van der Waals surface area (Å²) < 4.78 is 1.07. The first-order valence-electron chi connectivity index (χ1n) is 6.11. The number of aryl methyl sites for hydroxylation is 1. The number of hydrogen-bond donors (Lipinski definition) is 1. The SMILES string of the molecule is Cc1ccccc1-c1cc(-c2ccc(Br)cc2)n[nH]1. The van der Waals surface area contributed by atoms with Crippen molar-refractivity contribution in [3.05, 3.63) is 64.6 Å². The molecule has 2 aromatic carbocycles. The van der Waals surface area contributed by atoms with E-state index in [2.05, 4.69) is 63.4 Å². The number of nitrogens with zero attached hydrogens (tertiary/aromatic N) is 1. The molecule has 3 aromatic rings. The van der Waals surface area contributed by atoms with Gasteiger partial charge in [-0.3, -0.25) is 5.10 Å². The lowest BCUT2D eigenvalue weighted by Crippen LogP contribution is -1.81. The fraction of sp³-hybridized carbons (Fsp3) is 0.0625. The van der Waals surface area contributed by atoms with Crippen LogP contribution in [-0.4, -0.2) is 10.2 Å². The Hall–Kier alpha value is -1.87. The van der Waals surface area contributed by atoms with Crippen molar-refractivity contribution in [2.45, 2.75) is 6.92 Å². The van der Waals surface area contributed by atoms with Crippen molar-refractivity contribution < 1.29 is 0 Å². The lowest BCUT2D eigenvalue weighted by Gasteiger charge is -2.00. The van der Waals surface area contributed by atoms with Crippen molar-refractivity contribution in [2.24, 2.45) is 0 Å². The number of rotatable bonds is 2. The number of hydrogen-bond acceptors (Lipinski definition) is 1. The summed E-state index contributed by atoms with van der Waals surface area (Å²) >= 11 is 3.44. The molecule has 0 saturated heterocycles. The Morgan fingerprint density at radius 3 is 2.47 bits per heavy atom. The molecule has 0 saturated carbocycles. The predicted octanol–water partition coefficient (Wildman–Crippen LogP) is 4.81. The van der Waals surface area contributed by atoms with Gasteiger partial charge in [0.25, 0.3) is 0 Å². The molecule has 0 spiro atoms. The maximum atomic E-state index is 4.39. The number of benzene rings is 2. The van der Waals surface area contributed by atoms with E-state index in [9.17, 15) is 0 Å². The third-order valence-electron chi connectivity index (χ3n) is 3.15. The minimum atomic E-state index is 0.964. The van der Waals surface area contributed by atoms with Crippen LogP contribution in [0.5, 0.6) is 0 Å². The highest BCUT2D eigenvalue weighted by molar-refractivity contribution is 9.10. The number of aromatic nitrogens is 2. The molecule has 0 fully saturated rings. The highest BCUT2D eigenvalue weighted by Crippen LogP contribution is 2.26. The summed E-state index contributed by atoms with van der Waals surface area (Å²) in [6.07, 6.45) is 0. The number of H-pyrrole nitrogens is 1. The van der Waals surface area contributed by atoms with Crippen LogP contribution in [0.25, 0.3) is 22.5 Å². The molecule has 0 aliphatic heterocycles. The quantitative estimate of drug-likeness (QED) is 0.722. The van der Waals surface area contributed by atoms with E-state index in [1.54, 1.807) is 0 Å². The molecule has 0 radical (unpaired) electrons. The molecule has 1 heterocycles. The van der Waals surface area contributed by atoms with Crippen LogP contribution in [-0.2, 0) is 0 Å². The van der Waals surface area contributed by atoms with E-state index in [1.807, 2.05) is 24.3 Å². The van der Waals surface area contributed by atoms with Gasteiger partial charge in [-0.1, -0.05) is 52.3 Å². The molecule has 0 unspecified atom stereocenters. The van der Waals surface area contributed by atoms with Crippen LogP contribution in [0, 0.1) is 6.92 Å². The van der Waals surface area contributed by atoms with Gasteiger partial charge in [0, 0.05) is 15.6 Å². The molecular formula is C16H13BrN2. The van der Waals surface area contributed by atoms with Crippen LogP contribution in [0.3, 0.4) is 0 Å². The highest BCUT2D eigenvalue weighted by Gasteiger charge is 2.07. The van der Waals surface area contributed by atoms with E-state index in [1.165, 1.54) is 11.1 Å². The van der Waals surface area contributed by atoms with Gasteiger partial charge in [0.2, 0.25) is 0 Å². The molecule has 1 N–H and O–H groups in total. The Bertz CT molecular complexity index is 699. The summed E-state index contributed by atoms with van der Waals surface area (Å²) in [7, 11) is 0. The summed E-state index contributed by atoms with van der Waals surface area (Å²) in [5.74, 6) is 0. The van der Waals surface area contributed by atoms with Crippen LogP contribution < -0.4 is 0 Å². The highest BCUT2D eigenvalue weighted by atomic mass is 79.9. The first kappa shape index (κ1) is 12.2. The minimum absolute atomic E-state index is 0.964. The molecule has 0 aliphatic rings. The van der Waals surface area contributed by atoms with Crippen molar-refractivity contribution in [1.29, 1.82) is 0 Å². The van der Waals surface area contributed by atoms with Crippen LogP contribution in [0.1, 0.15) is 5.56 Å². The standard InChI is InChI=1S/C16H13BrN2/c1-11-4-2-3-5-14(11)16-10-15(18-19-16)12-6-8-13(17)9-7-12/h2-10H,1H3,(H,18,19). The Balaban J connectivity index is 2.00. The monoisotopic (exact) mass is 312 g/mol. The lowest BCUT2D eigenvalue weighted by molar-refractivity contribution is 1.10. The van der Waals surface area contributed by atoms with Crippen molar-refractivity contribution in [3.8, 4) is 22.5 Å². The Kier molecular flexibility index (Phi) is 3.22. The van der Waals surface area contributed by atoms with Crippen molar-refractivity contribution in [3.63, 3.8) is 0 Å².